The summed E-state index contributed by atoms with van der Waals surface area (Å²) in [5, 5.41) is 4.12. The topological polar surface area (TPSA) is 87.4 Å². The van der Waals surface area contributed by atoms with Crippen LogP contribution in [0.15, 0.2) is 24.8 Å². The molecule has 0 radical (unpaired) electrons. The fourth-order valence-corrected chi connectivity index (χ4v) is 2.27. The number of aryl methyl sites for hydroxylation is 1. The molecule has 0 amide bonds. The third-order valence-electron chi connectivity index (χ3n) is 3.08. The summed E-state index contributed by atoms with van der Waals surface area (Å²) in [6, 6.07) is 0. The SMILES string of the molecule is CC=Cc1cncc2nc(-n3ncnc3N)n(CC)c12. The molecule has 0 fully saturated rings. The third-order valence-corrected chi connectivity index (χ3v) is 3.08. The lowest BCUT2D eigenvalue weighted by Crippen LogP contribution is -2.10. The Morgan fingerprint density at radius 2 is 2.20 bits per heavy atom. The Hall–Kier alpha value is -2.70. The molecule has 7 nitrogen and oxygen atoms in total. The second kappa shape index (κ2) is 4.76. The van der Waals surface area contributed by atoms with Gasteiger partial charge in [-0.05, 0) is 13.8 Å². The van der Waals surface area contributed by atoms with Crippen LogP contribution in [-0.2, 0) is 6.54 Å². The number of hydrogen-bond acceptors (Lipinski definition) is 5. The summed E-state index contributed by atoms with van der Waals surface area (Å²) < 4.78 is 3.58. The number of nitrogen functional groups attached to an aromatic ring is 1. The minimum Gasteiger partial charge on any atom is -0.368 e. The summed E-state index contributed by atoms with van der Waals surface area (Å²) in [4.78, 5) is 12.7. The molecule has 3 aromatic rings. The van der Waals surface area contributed by atoms with Gasteiger partial charge in [0.25, 0.3) is 0 Å². The number of nitrogens with zero attached hydrogens (tertiary/aromatic N) is 6. The molecule has 0 aliphatic carbocycles. The molecule has 2 N–H and O–H groups in total. The van der Waals surface area contributed by atoms with Crippen molar-refractivity contribution in [3.8, 4) is 5.95 Å². The minimum absolute atomic E-state index is 0.315. The fourth-order valence-electron chi connectivity index (χ4n) is 2.27. The number of allylic oxidation sites excluding steroid dienone is 1. The average Bonchev–Trinajstić information content (AvgIpc) is 3.02. The molecule has 0 saturated heterocycles. The quantitative estimate of drug-likeness (QED) is 0.781. The lowest BCUT2D eigenvalue weighted by Gasteiger charge is -2.07. The van der Waals surface area contributed by atoms with Crippen molar-refractivity contribution in [2.24, 2.45) is 0 Å². The lowest BCUT2D eigenvalue weighted by molar-refractivity contribution is 0.705. The van der Waals surface area contributed by atoms with E-state index in [1.165, 1.54) is 11.0 Å². The van der Waals surface area contributed by atoms with E-state index in [1.54, 1.807) is 6.20 Å². The Kier molecular flexibility index (Phi) is 2.94. The maximum atomic E-state index is 5.82. The van der Waals surface area contributed by atoms with Gasteiger partial charge in [0.2, 0.25) is 11.9 Å². The summed E-state index contributed by atoms with van der Waals surface area (Å²) in [5.41, 5.74) is 8.67. The van der Waals surface area contributed by atoms with Gasteiger partial charge < -0.3 is 10.3 Å². The first-order chi connectivity index (χ1) is 9.76. The number of anilines is 1. The van der Waals surface area contributed by atoms with Gasteiger partial charge in [-0.1, -0.05) is 12.2 Å². The second-order valence-electron chi connectivity index (χ2n) is 4.28. The van der Waals surface area contributed by atoms with Crippen molar-refractivity contribution in [2.45, 2.75) is 20.4 Å². The Labute approximate surface area is 115 Å². The van der Waals surface area contributed by atoms with Crippen LogP contribution in [0.2, 0.25) is 0 Å². The smallest absolute Gasteiger partial charge is 0.235 e. The van der Waals surface area contributed by atoms with E-state index in [1.807, 2.05) is 25.3 Å². The molecular weight excluding hydrogens is 254 g/mol. The van der Waals surface area contributed by atoms with Gasteiger partial charge in [-0.25, -0.2) is 4.98 Å². The molecule has 3 aromatic heterocycles. The van der Waals surface area contributed by atoms with Gasteiger partial charge in [-0.15, -0.1) is 0 Å². The summed E-state index contributed by atoms with van der Waals surface area (Å²) in [6.07, 6.45) is 8.97. The minimum atomic E-state index is 0.315. The van der Waals surface area contributed by atoms with Gasteiger partial charge >= 0.3 is 0 Å². The molecular formula is C13H15N7. The highest BCUT2D eigenvalue weighted by atomic mass is 15.4. The average molecular weight is 269 g/mol. The van der Waals surface area contributed by atoms with Crippen LogP contribution in [0.3, 0.4) is 0 Å². The summed E-state index contributed by atoms with van der Waals surface area (Å²) in [7, 11) is 0. The molecule has 0 saturated carbocycles. The lowest BCUT2D eigenvalue weighted by atomic mass is 10.2. The number of rotatable bonds is 3. The van der Waals surface area contributed by atoms with Crippen molar-refractivity contribution in [1.29, 1.82) is 0 Å². The van der Waals surface area contributed by atoms with Crippen LogP contribution in [0.4, 0.5) is 5.95 Å². The third kappa shape index (κ3) is 1.75. The van der Waals surface area contributed by atoms with E-state index < -0.39 is 0 Å². The molecule has 3 heterocycles. The van der Waals surface area contributed by atoms with Crippen molar-refractivity contribution < 1.29 is 0 Å². The van der Waals surface area contributed by atoms with Crippen LogP contribution in [0.25, 0.3) is 23.1 Å². The Balaban J connectivity index is 2.35. The van der Waals surface area contributed by atoms with E-state index in [9.17, 15) is 0 Å². The van der Waals surface area contributed by atoms with E-state index in [-0.39, 0.29) is 0 Å². The van der Waals surface area contributed by atoms with E-state index in [0.717, 1.165) is 23.1 Å². The highest BCUT2D eigenvalue weighted by Gasteiger charge is 2.16. The fraction of sp³-hybridized carbons (Fsp3) is 0.231. The summed E-state index contributed by atoms with van der Waals surface area (Å²) in [5.74, 6) is 0.965. The zero-order valence-corrected chi connectivity index (χ0v) is 11.4. The zero-order valence-electron chi connectivity index (χ0n) is 11.4. The molecule has 3 rings (SSSR count). The normalized spacial score (nSPS) is 11.7. The number of hydrogen-bond donors (Lipinski definition) is 1. The molecule has 0 atom stereocenters. The van der Waals surface area contributed by atoms with Gasteiger partial charge in [-0.2, -0.15) is 14.8 Å². The number of imidazole rings is 1. The molecule has 0 bridgehead atoms. The van der Waals surface area contributed by atoms with Crippen LogP contribution in [0.1, 0.15) is 19.4 Å². The predicted molar refractivity (Wildman–Crippen MR) is 77.2 cm³/mol. The van der Waals surface area contributed by atoms with Crippen molar-refractivity contribution in [1.82, 2.24) is 29.3 Å². The Bertz CT molecular complexity index is 781. The van der Waals surface area contributed by atoms with Crippen molar-refractivity contribution >= 4 is 23.1 Å². The van der Waals surface area contributed by atoms with Crippen molar-refractivity contribution in [2.75, 3.05) is 5.73 Å². The molecule has 0 aromatic carbocycles. The van der Waals surface area contributed by atoms with Crippen LogP contribution >= 0.6 is 0 Å². The molecule has 0 aliphatic heterocycles. The number of nitrogens with two attached hydrogens (primary N) is 1. The Morgan fingerprint density at radius 3 is 2.85 bits per heavy atom. The van der Waals surface area contributed by atoms with Crippen molar-refractivity contribution in [3.63, 3.8) is 0 Å². The first kappa shape index (κ1) is 12.3. The second-order valence-corrected chi connectivity index (χ2v) is 4.28. The molecule has 0 spiro atoms. The monoisotopic (exact) mass is 269 g/mol. The summed E-state index contributed by atoms with van der Waals surface area (Å²) >= 11 is 0. The van der Waals surface area contributed by atoms with Gasteiger partial charge in [0.05, 0.1) is 11.7 Å². The largest absolute Gasteiger partial charge is 0.368 e. The highest BCUT2D eigenvalue weighted by molar-refractivity contribution is 5.85. The first-order valence-corrected chi connectivity index (χ1v) is 6.39. The van der Waals surface area contributed by atoms with E-state index in [2.05, 4.69) is 31.5 Å². The zero-order chi connectivity index (χ0) is 14.1. The van der Waals surface area contributed by atoms with Crippen LogP contribution in [0, 0.1) is 0 Å². The Morgan fingerprint density at radius 1 is 1.35 bits per heavy atom. The molecule has 7 heteroatoms. The standard InChI is InChI=1S/C13H15N7/c1-3-5-9-6-15-7-10-11(9)19(4-2)13(18-10)20-12(14)16-8-17-20/h3,5-8H,4H2,1-2H3,(H2,14,16,17). The molecule has 102 valence electrons. The van der Waals surface area contributed by atoms with Crippen molar-refractivity contribution in [3.05, 3.63) is 30.4 Å². The summed E-state index contributed by atoms with van der Waals surface area (Å²) in [6.45, 7) is 4.78. The van der Waals surface area contributed by atoms with Gasteiger partial charge in [0.15, 0.2) is 0 Å². The van der Waals surface area contributed by atoms with Crippen LogP contribution in [-0.4, -0.2) is 29.3 Å². The van der Waals surface area contributed by atoms with E-state index in [4.69, 9.17) is 5.73 Å². The molecule has 0 unspecified atom stereocenters. The van der Waals surface area contributed by atoms with E-state index in [0.29, 0.717) is 11.9 Å². The van der Waals surface area contributed by atoms with Crippen LogP contribution < -0.4 is 5.73 Å². The number of fused-ring (bicyclic) bond motifs is 1. The maximum absolute atomic E-state index is 5.82. The highest BCUT2D eigenvalue weighted by Crippen LogP contribution is 2.23. The first-order valence-electron chi connectivity index (χ1n) is 6.39. The van der Waals surface area contributed by atoms with Gasteiger partial charge in [0, 0.05) is 18.3 Å². The predicted octanol–water partition coefficient (Wildman–Crippen LogP) is 1.65. The molecule has 0 aliphatic rings. The van der Waals surface area contributed by atoms with E-state index >= 15 is 0 Å². The number of pyridine rings is 1. The van der Waals surface area contributed by atoms with Crippen LogP contribution in [0.5, 0.6) is 0 Å². The maximum Gasteiger partial charge on any atom is 0.235 e. The number of aromatic nitrogens is 6. The molecule has 20 heavy (non-hydrogen) atoms. The van der Waals surface area contributed by atoms with Gasteiger partial charge in [-0.3, -0.25) is 4.98 Å². The van der Waals surface area contributed by atoms with Gasteiger partial charge in [0.1, 0.15) is 11.8 Å².